The molecule has 1 fully saturated rings. The fraction of sp³-hybridized carbons (Fsp3) is 0.864. The molecule has 0 aromatic carbocycles. The molecule has 1 saturated heterocycles. The van der Waals surface area contributed by atoms with Crippen molar-refractivity contribution in [3.05, 3.63) is 24.3 Å². The van der Waals surface area contributed by atoms with E-state index in [-0.39, 0.29) is 23.5 Å². The first-order valence-electron chi connectivity index (χ1n) is 29.9. The molecule has 0 bridgehead atoms. The second kappa shape index (κ2) is 50.0. The highest BCUT2D eigenvalue weighted by Gasteiger charge is 2.22. The van der Waals surface area contributed by atoms with Gasteiger partial charge in [0.2, 0.25) is 17.7 Å². The zero-order valence-corrected chi connectivity index (χ0v) is 45.9. The van der Waals surface area contributed by atoms with E-state index in [0.717, 1.165) is 136 Å². The monoisotopic (exact) mass is 984 g/mol. The van der Waals surface area contributed by atoms with E-state index in [1.54, 1.807) is 0 Å². The van der Waals surface area contributed by atoms with Gasteiger partial charge in [-0.25, -0.2) is 0 Å². The molecule has 0 radical (unpaired) electrons. The van der Waals surface area contributed by atoms with E-state index >= 15 is 0 Å². The van der Waals surface area contributed by atoms with E-state index in [1.165, 1.54) is 116 Å². The second-order valence-electron chi connectivity index (χ2n) is 20.7. The molecule has 0 spiro atoms. The number of unbranched alkanes of at least 4 members (excludes halogenated alkanes) is 25. The number of nitrogens with one attached hydrogen (secondary N) is 3. The average molecular weight is 985 g/mol. The number of carbonyl (C=O) groups excluding carboxylic acids is 4. The van der Waals surface area contributed by atoms with Crippen LogP contribution in [0.2, 0.25) is 0 Å². The quantitative estimate of drug-likeness (QED) is 0.0297. The van der Waals surface area contributed by atoms with Gasteiger partial charge in [-0.05, 0) is 148 Å². The summed E-state index contributed by atoms with van der Waals surface area (Å²) in [5, 5.41) is 9.23. The Morgan fingerprint density at radius 1 is 0.429 bits per heavy atom. The lowest BCUT2D eigenvalue weighted by Crippen LogP contribution is -2.48. The Kier molecular flexibility index (Phi) is 46.7. The van der Waals surface area contributed by atoms with Crippen LogP contribution in [0.15, 0.2) is 24.3 Å². The molecule has 1 aliphatic heterocycles. The molecule has 70 heavy (non-hydrogen) atoms. The number of rotatable bonds is 51. The van der Waals surface area contributed by atoms with Crippen LogP contribution < -0.4 is 27.4 Å². The molecule has 1 aliphatic rings. The van der Waals surface area contributed by atoms with Gasteiger partial charge in [0.1, 0.15) is 6.04 Å². The van der Waals surface area contributed by atoms with Gasteiger partial charge in [-0.1, -0.05) is 141 Å². The van der Waals surface area contributed by atoms with Crippen LogP contribution in [-0.4, -0.2) is 104 Å². The molecule has 1 rings (SSSR count). The van der Waals surface area contributed by atoms with Gasteiger partial charge in [0.15, 0.2) is 5.78 Å². The lowest BCUT2D eigenvalue weighted by atomic mass is 10.00. The number of hydrogen-bond donors (Lipinski definition) is 5. The van der Waals surface area contributed by atoms with Gasteiger partial charge in [-0.15, -0.1) is 0 Å². The molecule has 408 valence electrons. The molecular formula is C59H113N7O4. The molecule has 3 amide bonds. The lowest BCUT2D eigenvalue weighted by molar-refractivity contribution is -0.129. The van der Waals surface area contributed by atoms with Crippen molar-refractivity contribution in [3.63, 3.8) is 0 Å². The summed E-state index contributed by atoms with van der Waals surface area (Å²) in [6.07, 6.45) is 50.1. The van der Waals surface area contributed by atoms with Crippen LogP contribution in [0.5, 0.6) is 0 Å². The predicted molar refractivity (Wildman–Crippen MR) is 298 cm³/mol. The standard InChI is InChI=1S/C59H113N7O4/c1-3-5-7-9-11-13-15-17-19-21-23-25-27-29-31-43-57(68)63-54(40-33-36-45-60)56(67)42-35-38-48-65-50-52-66(53-51-65)49-39-47-62-59(70)55(41-34-37-46-61)64-58(69)44-32-30-28-26-24-22-20-18-16-14-12-10-8-6-4-2/h17-20,54-55H,3-16,21-53,60-61H2,1-2H3,(H,62,70)(H,63,68)(H,64,69)/b19-17-,20-18-/t54-,55-/m0/s1. The summed E-state index contributed by atoms with van der Waals surface area (Å²) < 4.78 is 0. The average Bonchev–Trinajstić information content (AvgIpc) is 3.36. The van der Waals surface area contributed by atoms with Crippen molar-refractivity contribution in [2.45, 2.75) is 270 Å². The number of nitrogens with zero attached hydrogens (tertiary/aromatic N) is 2. The Balaban J connectivity index is 2.22. The van der Waals surface area contributed by atoms with Gasteiger partial charge < -0.3 is 37.2 Å². The Labute approximate surface area is 431 Å². The van der Waals surface area contributed by atoms with E-state index < -0.39 is 12.1 Å². The third kappa shape index (κ3) is 40.9. The Morgan fingerprint density at radius 3 is 1.24 bits per heavy atom. The summed E-state index contributed by atoms with van der Waals surface area (Å²) in [5.74, 6) is 0.0520. The van der Waals surface area contributed by atoms with Crippen LogP contribution >= 0.6 is 0 Å². The van der Waals surface area contributed by atoms with Crippen LogP contribution in [-0.2, 0) is 19.2 Å². The maximum Gasteiger partial charge on any atom is 0.242 e. The van der Waals surface area contributed by atoms with Gasteiger partial charge in [0.05, 0.1) is 6.04 Å². The molecule has 0 saturated carbocycles. The molecule has 2 atom stereocenters. The topological polar surface area (TPSA) is 163 Å². The Hall–Kier alpha value is -2.60. The van der Waals surface area contributed by atoms with Gasteiger partial charge in [-0.3, -0.25) is 19.2 Å². The first kappa shape index (κ1) is 65.4. The number of ketones is 1. The van der Waals surface area contributed by atoms with Crippen LogP contribution in [0.4, 0.5) is 0 Å². The normalized spacial score (nSPS) is 14.4. The van der Waals surface area contributed by atoms with Crippen LogP contribution in [0.3, 0.4) is 0 Å². The maximum atomic E-state index is 13.3. The van der Waals surface area contributed by atoms with E-state index in [0.29, 0.717) is 51.7 Å². The van der Waals surface area contributed by atoms with Crippen LogP contribution in [0.1, 0.15) is 258 Å². The molecule has 1 heterocycles. The zero-order valence-electron chi connectivity index (χ0n) is 45.9. The summed E-state index contributed by atoms with van der Waals surface area (Å²) >= 11 is 0. The lowest BCUT2D eigenvalue weighted by Gasteiger charge is -2.34. The van der Waals surface area contributed by atoms with Crippen molar-refractivity contribution < 1.29 is 19.2 Å². The Bertz CT molecular complexity index is 1190. The zero-order chi connectivity index (χ0) is 50.8. The number of nitrogens with two attached hydrogens (primary N) is 2. The highest BCUT2D eigenvalue weighted by atomic mass is 16.2. The summed E-state index contributed by atoms with van der Waals surface area (Å²) in [4.78, 5) is 57.1. The first-order valence-corrected chi connectivity index (χ1v) is 29.9. The highest BCUT2D eigenvalue weighted by Crippen LogP contribution is 2.14. The summed E-state index contributed by atoms with van der Waals surface area (Å²) in [7, 11) is 0. The van der Waals surface area contributed by atoms with Gasteiger partial charge in [-0.2, -0.15) is 0 Å². The number of piperazine rings is 1. The summed E-state index contributed by atoms with van der Waals surface area (Å²) in [6, 6.07) is -0.905. The molecule has 7 N–H and O–H groups in total. The van der Waals surface area contributed by atoms with Crippen molar-refractivity contribution in [1.82, 2.24) is 25.8 Å². The van der Waals surface area contributed by atoms with Gasteiger partial charge >= 0.3 is 0 Å². The van der Waals surface area contributed by atoms with Crippen molar-refractivity contribution in [3.8, 4) is 0 Å². The van der Waals surface area contributed by atoms with E-state index in [4.69, 9.17) is 11.5 Å². The number of hydrogen-bond acceptors (Lipinski definition) is 8. The largest absolute Gasteiger partial charge is 0.354 e. The molecule has 0 unspecified atom stereocenters. The smallest absolute Gasteiger partial charge is 0.242 e. The third-order valence-electron chi connectivity index (χ3n) is 14.2. The van der Waals surface area contributed by atoms with Crippen molar-refractivity contribution >= 4 is 23.5 Å². The first-order chi connectivity index (χ1) is 34.3. The summed E-state index contributed by atoms with van der Waals surface area (Å²) in [6.45, 7) is 12.2. The van der Waals surface area contributed by atoms with Crippen molar-refractivity contribution in [1.29, 1.82) is 0 Å². The highest BCUT2D eigenvalue weighted by molar-refractivity contribution is 5.89. The van der Waals surface area contributed by atoms with Gasteiger partial charge in [0.25, 0.3) is 0 Å². The molecule has 0 aliphatic carbocycles. The molecular weight excluding hydrogens is 871 g/mol. The Morgan fingerprint density at radius 2 is 0.800 bits per heavy atom. The van der Waals surface area contributed by atoms with E-state index in [9.17, 15) is 19.2 Å². The predicted octanol–water partition coefficient (Wildman–Crippen LogP) is 12.2. The molecule has 0 aromatic heterocycles. The third-order valence-corrected chi connectivity index (χ3v) is 14.2. The fourth-order valence-corrected chi connectivity index (χ4v) is 9.50. The van der Waals surface area contributed by atoms with Crippen molar-refractivity contribution in [2.75, 3.05) is 58.9 Å². The van der Waals surface area contributed by atoms with E-state index in [2.05, 4.69) is 63.9 Å². The second-order valence-corrected chi connectivity index (χ2v) is 20.7. The van der Waals surface area contributed by atoms with Gasteiger partial charge in [0, 0.05) is 52.0 Å². The fourth-order valence-electron chi connectivity index (χ4n) is 9.50. The maximum absolute atomic E-state index is 13.3. The minimum Gasteiger partial charge on any atom is -0.354 e. The minimum atomic E-state index is -0.506. The number of Topliss-reactive ketones (excluding diaryl/α,β-unsaturated/α-hetero) is 1. The number of amides is 3. The summed E-state index contributed by atoms with van der Waals surface area (Å²) in [5.41, 5.74) is 11.5. The van der Waals surface area contributed by atoms with E-state index in [1.807, 2.05) is 0 Å². The molecule has 11 nitrogen and oxygen atoms in total. The SMILES string of the molecule is CCCCCCCC/C=C\CCCCCCCC(=O)N[C@@H](CCCCN)C(=O)CCCCN1CCN(CCCNC(=O)[C@H](CCCCN)NC(=O)CCCCCCC/C=C\CCCCCCCC)CC1. The number of carbonyl (C=O) groups is 4. The van der Waals surface area contributed by atoms with Crippen molar-refractivity contribution in [2.24, 2.45) is 11.5 Å². The molecule has 11 heteroatoms. The molecule has 0 aromatic rings. The minimum absolute atomic E-state index is 0.00885. The van der Waals surface area contributed by atoms with Crippen LogP contribution in [0.25, 0.3) is 0 Å². The van der Waals surface area contributed by atoms with Crippen LogP contribution in [0, 0.1) is 0 Å². The number of allylic oxidation sites excluding steroid dienone is 4.